The number of benzene rings is 1. The monoisotopic (exact) mass is 399 g/mol. The number of anilines is 3. The van der Waals surface area contributed by atoms with Crippen LogP contribution < -0.4 is 10.2 Å². The number of rotatable bonds is 6. The number of amides is 1. The Morgan fingerprint density at radius 2 is 1.76 bits per heavy atom. The molecule has 1 saturated heterocycles. The van der Waals surface area contributed by atoms with Gasteiger partial charge in [0, 0.05) is 32.2 Å². The lowest BCUT2D eigenvalue weighted by molar-refractivity contribution is 0.0527. The maximum atomic E-state index is 12.2. The van der Waals surface area contributed by atoms with Gasteiger partial charge in [0.2, 0.25) is 0 Å². The summed E-state index contributed by atoms with van der Waals surface area (Å²) in [5, 5.41) is 3.17. The van der Waals surface area contributed by atoms with Gasteiger partial charge in [-0.3, -0.25) is 0 Å². The molecular weight excluding hydrogens is 374 g/mol. The molecule has 0 aliphatic carbocycles. The molecule has 1 aromatic carbocycles. The van der Waals surface area contributed by atoms with E-state index in [4.69, 9.17) is 9.47 Å². The van der Waals surface area contributed by atoms with Gasteiger partial charge in [-0.1, -0.05) is 12.1 Å². The minimum atomic E-state index is -0.389. The summed E-state index contributed by atoms with van der Waals surface area (Å²) in [4.78, 5) is 36.4. The van der Waals surface area contributed by atoms with Crippen molar-refractivity contribution in [2.24, 2.45) is 0 Å². The molecule has 154 valence electrons. The van der Waals surface area contributed by atoms with Crippen molar-refractivity contribution in [3.63, 3.8) is 0 Å². The second-order valence-electron chi connectivity index (χ2n) is 6.33. The Morgan fingerprint density at radius 1 is 1.03 bits per heavy atom. The van der Waals surface area contributed by atoms with Crippen molar-refractivity contribution in [3.8, 4) is 0 Å². The van der Waals surface area contributed by atoms with Crippen LogP contribution in [-0.2, 0) is 9.47 Å². The minimum Gasteiger partial charge on any atom is -0.462 e. The van der Waals surface area contributed by atoms with E-state index >= 15 is 0 Å². The maximum absolute atomic E-state index is 12.2. The number of piperazine rings is 1. The fourth-order valence-corrected chi connectivity index (χ4v) is 3.04. The fraction of sp³-hybridized carbons (Fsp3) is 0.400. The zero-order valence-electron chi connectivity index (χ0n) is 16.6. The normalized spacial score (nSPS) is 13.7. The molecule has 0 bridgehead atoms. The van der Waals surface area contributed by atoms with E-state index in [2.05, 4.69) is 20.2 Å². The molecule has 9 heteroatoms. The molecule has 29 heavy (non-hydrogen) atoms. The van der Waals surface area contributed by atoms with Crippen LogP contribution in [0.15, 0.2) is 36.7 Å². The van der Waals surface area contributed by atoms with Crippen molar-refractivity contribution >= 4 is 29.4 Å². The lowest BCUT2D eigenvalue weighted by Gasteiger charge is -2.34. The summed E-state index contributed by atoms with van der Waals surface area (Å²) in [6.45, 7) is 6.67. The number of nitrogens with zero attached hydrogens (tertiary/aromatic N) is 4. The second-order valence-corrected chi connectivity index (χ2v) is 6.33. The van der Waals surface area contributed by atoms with Crippen LogP contribution in [-0.4, -0.2) is 66.3 Å². The minimum absolute atomic E-state index is 0.284. The second kappa shape index (κ2) is 9.72. The van der Waals surface area contributed by atoms with E-state index in [1.807, 2.05) is 12.1 Å². The standard InChI is InChI=1S/C20H25N5O4/c1-3-28-19(26)15-7-5-6-8-16(15)23-17-13-18(22-14-21-17)24-9-11-25(12-10-24)20(27)29-4-2/h5-8,13-14H,3-4,9-12H2,1-2H3,(H,21,22,23). The van der Waals surface area contributed by atoms with Crippen LogP contribution in [0.2, 0.25) is 0 Å². The largest absolute Gasteiger partial charge is 0.462 e. The number of hydrogen-bond donors (Lipinski definition) is 1. The number of carbonyl (C=O) groups excluding carboxylic acids is 2. The topological polar surface area (TPSA) is 96.9 Å². The molecule has 1 aliphatic heterocycles. The number of carbonyl (C=O) groups is 2. The lowest BCUT2D eigenvalue weighted by Crippen LogP contribution is -2.49. The Hall–Kier alpha value is -3.36. The first-order valence-electron chi connectivity index (χ1n) is 9.64. The maximum Gasteiger partial charge on any atom is 0.409 e. The Kier molecular flexibility index (Phi) is 6.83. The van der Waals surface area contributed by atoms with E-state index in [0.29, 0.717) is 56.5 Å². The number of nitrogens with one attached hydrogen (secondary N) is 1. The van der Waals surface area contributed by atoms with Crippen LogP contribution >= 0.6 is 0 Å². The first kappa shape index (κ1) is 20.4. The van der Waals surface area contributed by atoms with Gasteiger partial charge in [-0.15, -0.1) is 0 Å². The van der Waals surface area contributed by atoms with Gasteiger partial charge in [-0.05, 0) is 26.0 Å². The van der Waals surface area contributed by atoms with Crippen LogP contribution in [0.3, 0.4) is 0 Å². The van der Waals surface area contributed by atoms with Crippen LogP contribution in [0, 0.1) is 0 Å². The van der Waals surface area contributed by atoms with Crippen LogP contribution in [0.4, 0.5) is 22.1 Å². The summed E-state index contributed by atoms with van der Waals surface area (Å²) in [6.07, 6.45) is 1.19. The van der Waals surface area contributed by atoms with Crippen molar-refractivity contribution in [2.45, 2.75) is 13.8 Å². The fourth-order valence-electron chi connectivity index (χ4n) is 3.04. The molecule has 0 radical (unpaired) electrons. The molecule has 1 fully saturated rings. The first-order valence-corrected chi connectivity index (χ1v) is 9.64. The van der Waals surface area contributed by atoms with Crippen molar-refractivity contribution in [1.29, 1.82) is 0 Å². The zero-order chi connectivity index (χ0) is 20.6. The molecule has 9 nitrogen and oxygen atoms in total. The highest BCUT2D eigenvalue weighted by Gasteiger charge is 2.23. The van der Waals surface area contributed by atoms with Gasteiger partial charge in [-0.2, -0.15) is 0 Å². The van der Waals surface area contributed by atoms with E-state index < -0.39 is 0 Å². The van der Waals surface area contributed by atoms with E-state index in [-0.39, 0.29) is 12.1 Å². The van der Waals surface area contributed by atoms with Crippen LogP contribution in [0.1, 0.15) is 24.2 Å². The van der Waals surface area contributed by atoms with Gasteiger partial charge in [0.15, 0.2) is 0 Å². The van der Waals surface area contributed by atoms with Gasteiger partial charge in [0.25, 0.3) is 0 Å². The summed E-state index contributed by atoms with van der Waals surface area (Å²) in [5.74, 6) is 0.930. The number of para-hydroxylation sites is 1. The summed E-state index contributed by atoms with van der Waals surface area (Å²) in [5.41, 5.74) is 1.06. The van der Waals surface area contributed by atoms with Crippen molar-refractivity contribution < 1.29 is 19.1 Å². The molecule has 0 atom stereocenters. The smallest absolute Gasteiger partial charge is 0.409 e. The molecule has 1 amide bonds. The van der Waals surface area contributed by atoms with E-state index in [1.54, 1.807) is 36.9 Å². The van der Waals surface area contributed by atoms with Gasteiger partial charge < -0.3 is 24.6 Å². The number of hydrogen-bond acceptors (Lipinski definition) is 8. The zero-order valence-corrected chi connectivity index (χ0v) is 16.6. The SMILES string of the molecule is CCOC(=O)c1ccccc1Nc1cc(N2CCN(C(=O)OCC)CC2)ncn1. The number of aromatic nitrogens is 2. The lowest BCUT2D eigenvalue weighted by atomic mass is 10.2. The number of ether oxygens (including phenoxy) is 2. The van der Waals surface area contributed by atoms with Gasteiger partial charge in [-0.25, -0.2) is 19.6 Å². The Labute approximate surface area is 169 Å². The molecule has 2 heterocycles. The molecule has 0 saturated carbocycles. The third kappa shape index (κ3) is 5.13. The van der Waals surface area contributed by atoms with Gasteiger partial charge >= 0.3 is 12.1 Å². The highest BCUT2D eigenvalue weighted by molar-refractivity contribution is 5.96. The average molecular weight is 399 g/mol. The third-order valence-corrected chi connectivity index (χ3v) is 4.47. The van der Waals surface area contributed by atoms with Crippen molar-refractivity contribution in [2.75, 3.05) is 49.6 Å². The summed E-state index contributed by atoms with van der Waals surface area (Å²) in [7, 11) is 0. The quantitative estimate of drug-likeness (QED) is 0.741. The van der Waals surface area contributed by atoms with E-state index in [0.717, 1.165) is 5.82 Å². The van der Waals surface area contributed by atoms with Crippen LogP contribution in [0.25, 0.3) is 0 Å². The molecule has 0 unspecified atom stereocenters. The predicted molar refractivity (Wildman–Crippen MR) is 109 cm³/mol. The average Bonchev–Trinajstić information content (AvgIpc) is 2.75. The first-order chi connectivity index (χ1) is 14.1. The molecule has 3 rings (SSSR count). The van der Waals surface area contributed by atoms with Crippen LogP contribution in [0.5, 0.6) is 0 Å². The molecule has 1 N–H and O–H groups in total. The highest BCUT2D eigenvalue weighted by Crippen LogP contribution is 2.23. The summed E-state index contributed by atoms with van der Waals surface area (Å²) < 4.78 is 10.2. The molecular formula is C20H25N5O4. The number of esters is 1. The van der Waals surface area contributed by atoms with Gasteiger partial charge in [0.1, 0.15) is 18.0 Å². The van der Waals surface area contributed by atoms with Crippen molar-refractivity contribution in [3.05, 3.63) is 42.2 Å². The molecule has 2 aromatic rings. The Bertz CT molecular complexity index is 852. The van der Waals surface area contributed by atoms with Gasteiger partial charge in [0.05, 0.1) is 24.5 Å². The predicted octanol–water partition coefficient (Wildman–Crippen LogP) is 2.68. The van der Waals surface area contributed by atoms with E-state index in [9.17, 15) is 9.59 Å². The molecule has 0 spiro atoms. The summed E-state index contributed by atoms with van der Waals surface area (Å²) >= 11 is 0. The Balaban J connectivity index is 1.69. The summed E-state index contributed by atoms with van der Waals surface area (Å²) in [6, 6.07) is 8.94. The van der Waals surface area contributed by atoms with E-state index in [1.165, 1.54) is 6.33 Å². The molecule has 1 aliphatic rings. The molecule has 1 aromatic heterocycles. The highest BCUT2D eigenvalue weighted by atomic mass is 16.6. The Morgan fingerprint density at radius 3 is 2.48 bits per heavy atom. The third-order valence-electron chi connectivity index (χ3n) is 4.47. The van der Waals surface area contributed by atoms with Crippen molar-refractivity contribution in [1.82, 2.24) is 14.9 Å².